The number of hydrogen-bond donors (Lipinski definition) is 2. The minimum atomic E-state index is -0.00463. The van der Waals surface area contributed by atoms with E-state index in [0.29, 0.717) is 24.8 Å². The first-order chi connectivity index (χ1) is 14.3. The second-order valence-electron chi connectivity index (χ2n) is 7.70. The third kappa shape index (κ3) is 9.62. The van der Waals surface area contributed by atoms with Crippen molar-refractivity contribution in [2.45, 2.75) is 83.3 Å². The van der Waals surface area contributed by atoms with Crippen LogP contribution in [0, 0.1) is 24.7 Å². The lowest BCUT2D eigenvalue weighted by atomic mass is 9.89. The first-order valence-corrected chi connectivity index (χ1v) is 11.1. The number of aliphatic hydroxyl groups excluding tert-OH is 1. The van der Waals surface area contributed by atoms with Gasteiger partial charge in [-0.05, 0) is 32.1 Å². The zero-order valence-electron chi connectivity index (χ0n) is 17.9. The zero-order chi connectivity index (χ0) is 21.3. The van der Waals surface area contributed by atoms with Crippen LogP contribution in [0.2, 0.25) is 0 Å². The Bertz CT molecular complexity index is 514. The predicted octanol–water partition coefficient (Wildman–Crippen LogP) is 4.32. The molecule has 1 saturated carbocycles. The SMILES string of the molecule is C#C.CCCCCC/C=C/C1[C@@H](C/C=C\CCCC(=O)NCCO)[C@@H]2C[C@H]1OO2. The van der Waals surface area contributed by atoms with Crippen LogP contribution in [0.1, 0.15) is 71.1 Å². The highest BCUT2D eigenvalue weighted by Gasteiger charge is 2.49. The maximum atomic E-state index is 11.5. The number of carbonyl (C=O) groups is 1. The van der Waals surface area contributed by atoms with E-state index in [0.717, 1.165) is 32.1 Å². The summed E-state index contributed by atoms with van der Waals surface area (Å²) in [6.07, 6.45) is 28.2. The van der Waals surface area contributed by atoms with E-state index in [4.69, 9.17) is 14.9 Å². The molecule has 0 spiro atoms. The number of nitrogens with one attached hydrogen (secondary N) is 1. The van der Waals surface area contributed by atoms with E-state index in [2.05, 4.69) is 49.4 Å². The highest BCUT2D eigenvalue weighted by molar-refractivity contribution is 5.75. The van der Waals surface area contributed by atoms with Gasteiger partial charge in [0.05, 0.1) is 12.7 Å². The van der Waals surface area contributed by atoms with E-state index < -0.39 is 0 Å². The number of fused-ring (bicyclic) bond motifs is 2. The fourth-order valence-electron chi connectivity index (χ4n) is 3.99. The molecule has 0 aromatic heterocycles. The molecule has 0 aromatic rings. The van der Waals surface area contributed by atoms with Crippen LogP contribution in [-0.4, -0.2) is 36.4 Å². The molecule has 1 aliphatic heterocycles. The first-order valence-electron chi connectivity index (χ1n) is 11.1. The van der Waals surface area contributed by atoms with E-state index in [1.54, 1.807) is 0 Å². The highest BCUT2D eigenvalue weighted by Crippen LogP contribution is 2.44. The van der Waals surface area contributed by atoms with Gasteiger partial charge in [-0.1, -0.05) is 50.5 Å². The minimum absolute atomic E-state index is 0.00463. The summed E-state index contributed by atoms with van der Waals surface area (Å²) in [7, 11) is 0. The number of rotatable bonds is 14. The molecule has 29 heavy (non-hydrogen) atoms. The average molecular weight is 406 g/mol. The van der Waals surface area contributed by atoms with Crippen LogP contribution in [0.25, 0.3) is 0 Å². The van der Waals surface area contributed by atoms with Crippen molar-refractivity contribution in [3.8, 4) is 12.8 Å². The molecule has 5 nitrogen and oxygen atoms in total. The van der Waals surface area contributed by atoms with Crippen LogP contribution in [0.4, 0.5) is 0 Å². The van der Waals surface area contributed by atoms with Crippen molar-refractivity contribution in [1.29, 1.82) is 0 Å². The zero-order valence-corrected chi connectivity index (χ0v) is 17.9. The molecular weight excluding hydrogens is 366 g/mol. The van der Waals surface area contributed by atoms with Crippen LogP contribution < -0.4 is 5.32 Å². The first kappa shape index (κ1) is 25.4. The van der Waals surface area contributed by atoms with Gasteiger partial charge in [0.15, 0.2) is 0 Å². The van der Waals surface area contributed by atoms with Crippen molar-refractivity contribution in [2.24, 2.45) is 11.8 Å². The van der Waals surface area contributed by atoms with Crippen LogP contribution in [-0.2, 0) is 14.6 Å². The maximum Gasteiger partial charge on any atom is 0.220 e. The van der Waals surface area contributed by atoms with Gasteiger partial charge in [-0.3, -0.25) is 4.79 Å². The van der Waals surface area contributed by atoms with Crippen molar-refractivity contribution in [3.63, 3.8) is 0 Å². The second kappa shape index (κ2) is 16.2. The Morgan fingerprint density at radius 1 is 1.07 bits per heavy atom. The minimum Gasteiger partial charge on any atom is -0.395 e. The number of amides is 1. The van der Waals surface area contributed by atoms with Gasteiger partial charge in [-0.2, -0.15) is 0 Å². The van der Waals surface area contributed by atoms with Gasteiger partial charge in [0.25, 0.3) is 0 Å². The Morgan fingerprint density at radius 3 is 2.59 bits per heavy atom. The number of hydrogen-bond acceptors (Lipinski definition) is 4. The Balaban J connectivity index is 0.00000204. The molecule has 1 heterocycles. The number of allylic oxidation sites excluding steroid dienone is 3. The summed E-state index contributed by atoms with van der Waals surface area (Å²) in [5.74, 6) is 0.976. The van der Waals surface area contributed by atoms with Gasteiger partial charge >= 0.3 is 0 Å². The lowest BCUT2D eigenvalue weighted by Gasteiger charge is -2.27. The monoisotopic (exact) mass is 405 g/mol. The number of unbranched alkanes of at least 4 members (excludes halogenated alkanes) is 5. The van der Waals surface area contributed by atoms with Crippen molar-refractivity contribution in [2.75, 3.05) is 13.2 Å². The molecule has 2 N–H and O–H groups in total. The molecule has 4 atom stereocenters. The third-order valence-electron chi connectivity index (χ3n) is 5.53. The van der Waals surface area contributed by atoms with Gasteiger partial charge in [0.2, 0.25) is 5.91 Å². The molecule has 1 amide bonds. The van der Waals surface area contributed by atoms with Gasteiger partial charge in [-0.25, -0.2) is 9.78 Å². The fourth-order valence-corrected chi connectivity index (χ4v) is 3.99. The van der Waals surface area contributed by atoms with E-state index in [9.17, 15) is 4.79 Å². The van der Waals surface area contributed by atoms with Gasteiger partial charge < -0.3 is 10.4 Å². The average Bonchev–Trinajstić information content (AvgIpc) is 3.35. The summed E-state index contributed by atoms with van der Waals surface area (Å²) in [4.78, 5) is 22.4. The molecule has 1 unspecified atom stereocenters. The van der Waals surface area contributed by atoms with Crippen molar-refractivity contribution in [1.82, 2.24) is 5.32 Å². The van der Waals surface area contributed by atoms with Gasteiger partial charge in [0.1, 0.15) is 6.10 Å². The predicted molar refractivity (Wildman–Crippen MR) is 117 cm³/mol. The molecule has 164 valence electrons. The summed E-state index contributed by atoms with van der Waals surface area (Å²) in [5, 5.41) is 11.4. The highest BCUT2D eigenvalue weighted by atomic mass is 17.2. The maximum absolute atomic E-state index is 11.5. The number of terminal acetylenes is 1. The summed E-state index contributed by atoms with van der Waals surface area (Å²) < 4.78 is 0. The van der Waals surface area contributed by atoms with Crippen LogP contribution in [0.3, 0.4) is 0 Å². The lowest BCUT2D eigenvalue weighted by Crippen LogP contribution is -2.28. The van der Waals surface area contributed by atoms with E-state index in [1.807, 2.05) is 0 Å². The fraction of sp³-hybridized carbons (Fsp3) is 0.708. The van der Waals surface area contributed by atoms with Gasteiger partial charge in [0, 0.05) is 31.2 Å². The largest absolute Gasteiger partial charge is 0.395 e. The van der Waals surface area contributed by atoms with Crippen LogP contribution >= 0.6 is 0 Å². The normalized spacial score (nSPS) is 25.4. The molecule has 2 aliphatic rings. The molecule has 5 heteroatoms. The molecule has 2 bridgehead atoms. The smallest absolute Gasteiger partial charge is 0.220 e. The molecule has 0 radical (unpaired) electrons. The molecule has 1 saturated heterocycles. The van der Waals surface area contributed by atoms with Crippen molar-refractivity contribution >= 4 is 5.91 Å². The van der Waals surface area contributed by atoms with E-state index in [1.165, 1.54) is 25.7 Å². The summed E-state index contributed by atoms with van der Waals surface area (Å²) in [6.45, 7) is 2.58. The third-order valence-corrected chi connectivity index (χ3v) is 5.53. The number of carbonyl (C=O) groups excluding carboxylic acids is 1. The summed E-state index contributed by atoms with van der Waals surface area (Å²) in [5.41, 5.74) is 0. The Kier molecular flexibility index (Phi) is 14.2. The van der Waals surface area contributed by atoms with Crippen molar-refractivity contribution < 1.29 is 19.7 Å². The van der Waals surface area contributed by atoms with Gasteiger partial charge in [-0.15, -0.1) is 12.8 Å². The van der Waals surface area contributed by atoms with Crippen molar-refractivity contribution in [3.05, 3.63) is 24.3 Å². The Hall–Kier alpha value is -1.61. The standard InChI is InChI=1S/C22H37NO4.C2H2/c1-2-3-4-5-6-9-12-18-19(21-17-20(18)26-27-21)13-10-7-8-11-14-22(25)23-15-16-24;1-2/h7,9-10,12,18-21,24H,2-6,8,11,13-17H2,1H3,(H,23,25);1-2H/b10-7-,12-9+;/t18?,19-,20-,21+;/m1./s1. The van der Waals surface area contributed by atoms with E-state index >= 15 is 0 Å². The van der Waals surface area contributed by atoms with E-state index in [-0.39, 0.29) is 24.7 Å². The quantitative estimate of drug-likeness (QED) is 0.195. The summed E-state index contributed by atoms with van der Waals surface area (Å²) in [6, 6.07) is 0. The molecule has 2 fully saturated rings. The second-order valence-corrected chi connectivity index (χ2v) is 7.70. The Morgan fingerprint density at radius 2 is 1.83 bits per heavy atom. The topological polar surface area (TPSA) is 67.8 Å². The van der Waals surface area contributed by atoms with Crippen LogP contribution in [0.5, 0.6) is 0 Å². The summed E-state index contributed by atoms with van der Waals surface area (Å²) >= 11 is 0. The lowest BCUT2D eigenvalue weighted by molar-refractivity contribution is -0.336. The molecule has 2 rings (SSSR count). The molecule has 1 aliphatic carbocycles. The van der Waals surface area contributed by atoms with Crippen LogP contribution in [0.15, 0.2) is 24.3 Å². The molecule has 0 aromatic carbocycles. The molecular formula is C24H39NO4. The number of aliphatic hydroxyl groups is 1. The Labute approximate surface area is 176 Å².